The van der Waals surface area contributed by atoms with E-state index in [1.807, 2.05) is 60.9 Å². The first-order chi connectivity index (χ1) is 18.9. The Hall–Kier alpha value is -5.22. The van der Waals surface area contributed by atoms with Crippen molar-refractivity contribution in [3.05, 3.63) is 146 Å². The van der Waals surface area contributed by atoms with Crippen molar-refractivity contribution in [2.24, 2.45) is 0 Å². The van der Waals surface area contributed by atoms with Crippen LogP contribution in [0.15, 0.2) is 146 Å². The van der Waals surface area contributed by atoms with Gasteiger partial charge in [0.25, 0.3) is 0 Å². The second-order valence-electron chi connectivity index (χ2n) is 8.74. The molecule has 0 aliphatic rings. The van der Waals surface area contributed by atoms with E-state index in [4.69, 9.17) is 0 Å². The Morgan fingerprint density at radius 2 is 0.737 bits per heavy atom. The molecule has 38 heavy (non-hydrogen) atoms. The van der Waals surface area contributed by atoms with Gasteiger partial charge < -0.3 is 0 Å². The third kappa shape index (κ3) is 4.75. The maximum Gasteiger partial charge on any atom is 0.0970 e. The molecule has 180 valence electrons. The normalized spacial score (nSPS) is 10.6. The van der Waals surface area contributed by atoms with E-state index >= 15 is 0 Å². The van der Waals surface area contributed by atoms with Gasteiger partial charge >= 0.3 is 0 Å². The predicted octanol–water partition coefficient (Wildman–Crippen LogP) is 8.26. The van der Waals surface area contributed by atoms with E-state index < -0.39 is 0 Å². The number of rotatable bonds is 3. The van der Waals surface area contributed by atoms with Crippen molar-refractivity contribution >= 4 is 21.8 Å². The summed E-state index contributed by atoms with van der Waals surface area (Å²) in [6.45, 7) is 0. The quantitative estimate of drug-likeness (QED) is 0.235. The molecule has 4 heteroatoms. The van der Waals surface area contributed by atoms with Crippen molar-refractivity contribution < 1.29 is 0 Å². The summed E-state index contributed by atoms with van der Waals surface area (Å²) in [5, 5.41) is 2.26. The first kappa shape index (κ1) is 23.2. The van der Waals surface area contributed by atoms with Crippen molar-refractivity contribution in [3.63, 3.8) is 0 Å². The summed E-state index contributed by atoms with van der Waals surface area (Å²) < 4.78 is 0. The van der Waals surface area contributed by atoms with Crippen LogP contribution >= 0.6 is 0 Å². The lowest BCUT2D eigenvalue weighted by molar-refractivity contribution is 1.25. The number of pyridine rings is 4. The monoisotopic (exact) mass is 488 g/mol. The zero-order chi connectivity index (χ0) is 25.6. The molecule has 3 aromatic carbocycles. The minimum atomic E-state index is 0.915. The van der Waals surface area contributed by atoms with Gasteiger partial charge in [0, 0.05) is 35.6 Å². The molecule has 0 saturated heterocycles. The Kier molecular flexibility index (Phi) is 6.60. The van der Waals surface area contributed by atoms with Crippen LogP contribution in [0.25, 0.3) is 55.4 Å². The van der Waals surface area contributed by atoms with Crippen molar-refractivity contribution in [1.82, 2.24) is 19.9 Å². The SMILES string of the molecule is c1ccc(-c2ccccn2)nc1.c1ccc(-c2ccnc3c2ccc2c(-c4ccccc4)ccnc23)cc1. The Morgan fingerprint density at radius 1 is 0.316 bits per heavy atom. The van der Waals surface area contributed by atoms with Gasteiger partial charge in [0.15, 0.2) is 0 Å². The molecule has 0 aliphatic heterocycles. The van der Waals surface area contributed by atoms with Gasteiger partial charge in [0.1, 0.15) is 0 Å². The van der Waals surface area contributed by atoms with E-state index in [9.17, 15) is 0 Å². The fourth-order valence-corrected chi connectivity index (χ4v) is 4.60. The Morgan fingerprint density at radius 3 is 1.13 bits per heavy atom. The fourth-order valence-electron chi connectivity index (χ4n) is 4.60. The average molecular weight is 489 g/mol. The summed E-state index contributed by atoms with van der Waals surface area (Å²) in [5.41, 5.74) is 8.48. The van der Waals surface area contributed by atoms with Gasteiger partial charge in [-0.3, -0.25) is 19.9 Å². The maximum absolute atomic E-state index is 4.67. The Balaban J connectivity index is 0.000000184. The molecule has 0 amide bonds. The molecule has 0 fully saturated rings. The van der Waals surface area contributed by atoms with Crippen molar-refractivity contribution in [3.8, 4) is 33.6 Å². The summed E-state index contributed by atoms with van der Waals surface area (Å²) in [5.74, 6) is 0. The molecule has 4 heterocycles. The molecule has 0 bridgehead atoms. The summed E-state index contributed by atoms with van der Waals surface area (Å²) in [4.78, 5) is 17.7. The van der Waals surface area contributed by atoms with Crippen LogP contribution in [0.5, 0.6) is 0 Å². The highest BCUT2D eigenvalue weighted by molar-refractivity contribution is 6.11. The number of benzene rings is 3. The van der Waals surface area contributed by atoms with Crippen LogP contribution in [-0.4, -0.2) is 19.9 Å². The highest BCUT2D eigenvalue weighted by atomic mass is 14.8. The maximum atomic E-state index is 4.67. The van der Waals surface area contributed by atoms with Crippen LogP contribution in [0.2, 0.25) is 0 Å². The summed E-state index contributed by atoms with van der Waals surface area (Å²) in [7, 11) is 0. The zero-order valence-corrected chi connectivity index (χ0v) is 20.6. The average Bonchev–Trinajstić information content (AvgIpc) is 3.02. The van der Waals surface area contributed by atoms with Gasteiger partial charge in [-0.05, 0) is 58.7 Å². The van der Waals surface area contributed by atoms with E-state index in [-0.39, 0.29) is 0 Å². The first-order valence-electron chi connectivity index (χ1n) is 12.5. The molecule has 0 unspecified atom stereocenters. The Labute approximate surface area is 221 Å². The van der Waals surface area contributed by atoms with Crippen LogP contribution < -0.4 is 0 Å². The molecule has 0 N–H and O–H groups in total. The standard InChI is InChI=1S/C24H16N2.C10H8N2/c1-3-7-17(8-4-1)19-13-15-25-23-21(19)11-12-22-20(14-16-26-24(22)23)18-9-5-2-6-10-18;1-3-7-11-9(5-1)10-6-2-4-8-12-10/h1-16H;1-8H. The molecule has 0 saturated carbocycles. The summed E-state index contributed by atoms with van der Waals surface area (Å²) >= 11 is 0. The molecule has 0 aliphatic carbocycles. The number of aromatic nitrogens is 4. The number of hydrogen-bond donors (Lipinski definition) is 0. The molecule has 7 rings (SSSR count). The van der Waals surface area contributed by atoms with E-state index in [0.717, 1.165) is 33.2 Å². The van der Waals surface area contributed by atoms with Crippen LogP contribution in [-0.2, 0) is 0 Å². The minimum Gasteiger partial charge on any atom is -0.255 e. The van der Waals surface area contributed by atoms with E-state index in [1.54, 1.807) is 12.4 Å². The summed E-state index contributed by atoms with van der Waals surface area (Å²) in [6.07, 6.45) is 7.29. The van der Waals surface area contributed by atoms with E-state index in [1.165, 1.54) is 22.3 Å². The largest absolute Gasteiger partial charge is 0.255 e. The lowest BCUT2D eigenvalue weighted by Gasteiger charge is -2.11. The molecule has 4 nitrogen and oxygen atoms in total. The van der Waals surface area contributed by atoms with Gasteiger partial charge in [0.05, 0.1) is 22.4 Å². The second kappa shape index (κ2) is 10.8. The van der Waals surface area contributed by atoms with E-state index in [0.29, 0.717) is 0 Å². The smallest absolute Gasteiger partial charge is 0.0970 e. The second-order valence-corrected chi connectivity index (χ2v) is 8.74. The summed E-state index contributed by atoms with van der Waals surface area (Å²) in [6, 6.07) is 40.9. The van der Waals surface area contributed by atoms with Gasteiger partial charge in [0.2, 0.25) is 0 Å². The zero-order valence-electron chi connectivity index (χ0n) is 20.6. The highest BCUT2D eigenvalue weighted by Crippen LogP contribution is 2.34. The highest BCUT2D eigenvalue weighted by Gasteiger charge is 2.11. The number of hydrogen-bond acceptors (Lipinski definition) is 4. The third-order valence-corrected chi connectivity index (χ3v) is 6.38. The molecule has 7 aromatic rings. The van der Waals surface area contributed by atoms with Crippen molar-refractivity contribution in [1.29, 1.82) is 0 Å². The van der Waals surface area contributed by atoms with E-state index in [2.05, 4.69) is 92.7 Å². The first-order valence-corrected chi connectivity index (χ1v) is 12.5. The lowest BCUT2D eigenvalue weighted by atomic mass is 9.97. The van der Waals surface area contributed by atoms with Gasteiger partial charge in [-0.15, -0.1) is 0 Å². The van der Waals surface area contributed by atoms with Gasteiger partial charge in [-0.2, -0.15) is 0 Å². The minimum absolute atomic E-state index is 0.915. The molecule has 0 radical (unpaired) electrons. The topological polar surface area (TPSA) is 51.6 Å². The van der Waals surface area contributed by atoms with Crippen molar-refractivity contribution in [2.75, 3.05) is 0 Å². The lowest BCUT2D eigenvalue weighted by Crippen LogP contribution is -1.90. The Bertz CT molecular complexity index is 1650. The molecular formula is C34H24N4. The van der Waals surface area contributed by atoms with Crippen LogP contribution in [0.3, 0.4) is 0 Å². The van der Waals surface area contributed by atoms with Crippen LogP contribution in [0.4, 0.5) is 0 Å². The van der Waals surface area contributed by atoms with Crippen molar-refractivity contribution in [2.45, 2.75) is 0 Å². The molecule has 0 spiro atoms. The number of fused-ring (bicyclic) bond motifs is 3. The molecule has 0 atom stereocenters. The van der Waals surface area contributed by atoms with Crippen LogP contribution in [0, 0.1) is 0 Å². The molecular weight excluding hydrogens is 464 g/mol. The fraction of sp³-hybridized carbons (Fsp3) is 0. The molecule has 4 aromatic heterocycles. The third-order valence-electron chi connectivity index (χ3n) is 6.38. The van der Waals surface area contributed by atoms with Crippen LogP contribution in [0.1, 0.15) is 0 Å². The number of nitrogens with zero attached hydrogens (tertiary/aromatic N) is 4. The van der Waals surface area contributed by atoms with Gasteiger partial charge in [-0.25, -0.2) is 0 Å². The van der Waals surface area contributed by atoms with Gasteiger partial charge in [-0.1, -0.05) is 84.9 Å². The predicted molar refractivity (Wildman–Crippen MR) is 155 cm³/mol.